The molecule has 0 bridgehead atoms. The van der Waals surface area contributed by atoms with E-state index in [4.69, 9.17) is 34.9 Å². The highest BCUT2D eigenvalue weighted by atomic mass is 14.8. The Morgan fingerprint density at radius 1 is 0.170 bits per heavy atom. The molecule has 23 rings (SSSR count). The molecule has 13 aromatic carbocycles. The lowest BCUT2D eigenvalue weighted by molar-refractivity contribution is 1.36. The number of hydrogen-bond acceptors (Lipinski definition) is 10. The topological polar surface area (TPSA) is 129 Å². The minimum absolute atomic E-state index is 0.910. The maximum atomic E-state index is 5.33. The zero-order chi connectivity index (χ0) is 73.7. The van der Waals surface area contributed by atoms with E-state index < -0.39 is 0 Å². The normalized spacial score (nSPS) is 11.8. The van der Waals surface area contributed by atoms with Crippen LogP contribution in [0.5, 0.6) is 0 Å². The van der Waals surface area contributed by atoms with Crippen LogP contribution >= 0.6 is 0 Å². The number of fused-ring (bicyclic) bond motifs is 15. The minimum Gasteiger partial charge on any atom is -0.264 e. The van der Waals surface area contributed by atoms with Crippen LogP contribution in [0.2, 0.25) is 0 Å². The van der Waals surface area contributed by atoms with E-state index in [0.717, 1.165) is 231 Å². The zero-order valence-electron chi connectivity index (χ0n) is 60.1. The quantitative estimate of drug-likeness (QED) is 0.107. The first kappa shape index (κ1) is 64.0. The SMILES string of the molecule is c1cc(-c2ccc3cc(-c4ccc5nc(-c6c7ccccc7c(-c7ccc8ccc9cccnc9c8n7)c7ccccc67)ccc5c4)ccc3n2)c2ccncc2c1.c1cc(-c2ccc3cc(-c4ccc5nc(-c6ccc7cc(-c8ccc9ccc%10cccnc%10c9n8)ccc7c6)ccc5c4)ccc3n2)c2ccncc2c1. The van der Waals surface area contributed by atoms with Crippen molar-refractivity contribution in [3.63, 3.8) is 0 Å². The van der Waals surface area contributed by atoms with Crippen molar-refractivity contribution in [1.82, 2.24) is 49.8 Å². The first-order valence-electron chi connectivity index (χ1n) is 37.5. The fourth-order valence-corrected chi connectivity index (χ4v) is 16.5. The first-order chi connectivity index (χ1) is 55.4. The van der Waals surface area contributed by atoms with Gasteiger partial charge < -0.3 is 0 Å². The predicted octanol–water partition coefficient (Wildman–Crippen LogP) is 25.7. The molecule has 0 atom stereocenters. The van der Waals surface area contributed by atoms with Crippen molar-refractivity contribution in [2.24, 2.45) is 0 Å². The van der Waals surface area contributed by atoms with Gasteiger partial charge in [-0.05, 0) is 187 Å². The third-order valence-electron chi connectivity index (χ3n) is 22.1. The number of rotatable bonds is 8. The molecule has 0 aliphatic heterocycles. The molecule has 10 heterocycles. The van der Waals surface area contributed by atoms with Crippen LogP contribution in [0, 0.1) is 0 Å². The molecule has 0 aliphatic carbocycles. The summed E-state index contributed by atoms with van der Waals surface area (Å²) in [6, 6.07) is 115. The minimum atomic E-state index is 0.910. The number of nitrogens with zero attached hydrogens (tertiary/aromatic N) is 10. The Morgan fingerprint density at radius 3 is 0.920 bits per heavy atom. The number of aromatic nitrogens is 10. The molecule has 0 fully saturated rings. The molecule has 112 heavy (non-hydrogen) atoms. The van der Waals surface area contributed by atoms with Gasteiger partial charge >= 0.3 is 0 Å². The summed E-state index contributed by atoms with van der Waals surface area (Å²) in [6.45, 7) is 0. The molecule has 0 radical (unpaired) electrons. The van der Waals surface area contributed by atoms with E-state index >= 15 is 0 Å². The van der Waals surface area contributed by atoms with Gasteiger partial charge in [-0.15, -0.1) is 0 Å². The van der Waals surface area contributed by atoms with Crippen molar-refractivity contribution < 1.29 is 0 Å². The van der Waals surface area contributed by atoms with E-state index in [1.54, 1.807) is 0 Å². The first-order valence-corrected chi connectivity index (χ1v) is 37.5. The second-order valence-corrected chi connectivity index (χ2v) is 28.7. The van der Waals surface area contributed by atoms with Gasteiger partial charge in [-0.1, -0.05) is 206 Å². The van der Waals surface area contributed by atoms with Crippen molar-refractivity contribution >= 4 is 141 Å². The van der Waals surface area contributed by atoms with E-state index in [0.29, 0.717) is 0 Å². The third-order valence-corrected chi connectivity index (χ3v) is 22.1. The van der Waals surface area contributed by atoms with E-state index in [1.807, 2.05) is 49.3 Å². The van der Waals surface area contributed by atoms with Gasteiger partial charge in [-0.2, -0.15) is 0 Å². The van der Waals surface area contributed by atoms with Gasteiger partial charge in [0.05, 0.1) is 78.3 Å². The molecule has 0 aliphatic rings. The van der Waals surface area contributed by atoms with Gasteiger partial charge in [-0.25, -0.2) is 29.9 Å². The number of hydrogen-bond donors (Lipinski definition) is 0. The van der Waals surface area contributed by atoms with Gasteiger partial charge in [0.1, 0.15) is 0 Å². The second-order valence-electron chi connectivity index (χ2n) is 28.7. The largest absolute Gasteiger partial charge is 0.264 e. The van der Waals surface area contributed by atoms with Crippen LogP contribution in [0.3, 0.4) is 0 Å². The maximum Gasteiger partial charge on any atom is 0.0972 e. The highest BCUT2D eigenvalue weighted by Gasteiger charge is 2.21. The van der Waals surface area contributed by atoms with Crippen LogP contribution in [0.25, 0.3) is 231 Å². The molecule has 0 spiro atoms. The van der Waals surface area contributed by atoms with E-state index in [2.05, 4.69) is 330 Å². The summed E-state index contributed by atoms with van der Waals surface area (Å²) in [5, 5.41) is 20.1. The van der Waals surface area contributed by atoms with Crippen molar-refractivity contribution in [3.8, 4) is 89.8 Å². The summed E-state index contributed by atoms with van der Waals surface area (Å²) in [5.41, 5.74) is 24.4. The standard InChI is InChI=1S/C53H31N5.C49H29N5/c1-3-11-43-41(9-1)50(42-10-2-4-12-44(42)51(43)49-24-16-33-15-14-32-8-6-27-55-52(32)53(33)58-49)48-25-20-37-30-35(18-22-46(37)57-48)34-17-21-45-36(29-34)19-23-47(56-45)40-13-5-7-38-31-54-28-26-39(38)40;1-3-40-29-50-24-22-41(40)42(5-1)47-21-16-39-28-35(14-19-45(39)53-47)34-13-18-43-38(27-34)15-20-44(52-43)36-10-8-33-26-37(11-9-32(33)25-36)46-17-12-31-7-6-30-4-2-23-51-48(30)49(31)54-46/h1-31H;1-29H. The van der Waals surface area contributed by atoms with E-state index in [9.17, 15) is 0 Å². The highest BCUT2D eigenvalue weighted by Crippen LogP contribution is 2.45. The van der Waals surface area contributed by atoms with Gasteiger partial charge in [0.25, 0.3) is 0 Å². The molecular formula is C102H60N10. The Labute approximate surface area is 641 Å². The van der Waals surface area contributed by atoms with Crippen molar-refractivity contribution in [1.29, 1.82) is 0 Å². The van der Waals surface area contributed by atoms with Gasteiger partial charge in [-0.3, -0.25) is 19.9 Å². The molecule has 0 amide bonds. The van der Waals surface area contributed by atoms with Crippen LogP contribution < -0.4 is 0 Å². The summed E-state index contributed by atoms with van der Waals surface area (Å²) >= 11 is 0. The van der Waals surface area contributed by atoms with E-state index in [1.165, 1.54) is 0 Å². The van der Waals surface area contributed by atoms with Crippen molar-refractivity contribution in [2.75, 3.05) is 0 Å². The molecule has 23 aromatic rings. The van der Waals surface area contributed by atoms with Crippen LogP contribution in [0.15, 0.2) is 365 Å². The van der Waals surface area contributed by atoms with Crippen LogP contribution in [0.4, 0.5) is 0 Å². The second kappa shape index (κ2) is 26.3. The number of pyridine rings is 10. The van der Waals surface area contributed by atoms with E-state index in [-0.39, 0.29) is 0 Å². The Hall–Kier alpha value is -15.3. The summed E-state index contributed by atoms with van der Waals surface area (Å²) in [6.07, 6.45) is 11.1. The third kappa shape index (κ3) is 11.2. The van der Waals surface area contributed by atoms with Gasteiger partial charge in [0.15, 0.2) is 0 Å². The summed E-state index contributed by atoms with van der Waals surface area (Å²) in [5.74, 6) is 0. The molecule has 0 unspecified atom stereocenters. The molecule has 10 aromatic heterocycles. The monoisotopic (exact) mass is 1420 g/mol. The highest BCUT2D eigenvalue weighted by molar-refractivity contribution is 6.21. The fraction of sp³-hybridized carbons (Fsp3) is 0. The molecule has 10 heteroatoms. The molecule has 0 saturated heterocycles. The molecule has 10 nitrogen and oxygen atoms in total. The Kier molecular flexibility index (Phi) is 15.0. The fourth-order valence-electron chi connectivity index (χ4n) is 16.5. The van der Waals surface area contributed by atoms with Gasteiger partial charge in [0.2, 0.25) is 0 Å². The van der Waals surface area contributed by atoms with Gasteiger partial charge in [0, 0.05) is 124 Å². The predicted molar refractivity (Wildman–Crippen MR) is 462 cm³/mol. The van der Waals surface area contributed by atoms with Crippen LogP contribution in [-0.2, 0) is 0 Å². The lowest BCUT2D eigenvalue weighted by Crippen LogP contribution is -1.95. The summed E-state index contributed by atoms with van der Waals surface area (Å²) in [7, 11) is 0. The Morgan fingerprint density at radius 2 is 0.482 bits per heavy atom. The van der Waals surface area contributed by atoms with Crippen molar-refractivity contribution in [3.05, 3.63) is 365 Å². The zero-order valence-corrected chi connectivity index (χ0v) is 60.1. The average Bonchev–Trinajstić information content (AvgIpc) is 0.722. The molecule has 0 N–H and O–H groups in total. The molecule has 518 valence electrons. The smallest absolute Gasteiger partial charge is 0.0972 e. The maximum absolute atomic E-state index is 5.33. The lowest BCUT2D eigenvalue weighted by Gasteiger charge is -2.17. The van der Waals surface area contributed by atoms with Crippen LogP contribution in [-0.4, -0.2) is 49.8 Å². The molecular weight excluding hydrogens is 1370 g/mol. The average molecular weight is 1430 g/mol. The van der Waals surface area contributed by atoms with Crippen molar-refractivity contribution in [2.45, 2.75) is 0 Å². The Balaban J connectivity index is 0.000000138. The summed E-state index contributed by atoms with van der Waals surface area (Å²) < 4.78 is 0. The molecule has 0 saturated carbocycles. The Bertz CT molecular complexity index is 7810. The number of benzene rings is 13. The summed E-state index contributed by atoms with van der Waals surface area (Å²) in [4.78, 5) is 48.8. The van der Waals surface area contributed by atoms with Crippen LogP contribution in [0.1, 0.15) is 0 Å². The lowest BCUT2D eigenvalue weighted by atomic mass is 9.88.